The molecule has 5 N–H and O–H groups in total. The minimum atomic E-state index is -4.59. The molecule has 0 fully saturated rings. The molecule has 1 aromatic carbocycles. The lowest BCUT2D eigenvalue weighted by Crippen LogP contribution is -2.61. The third-order valence-electron chi connectivity index (χ3n) is 2.68. The van der Waals surface area contributed by atoms with Gasteiger partial charge in [-0.3, -0.25) is 10.3 Å². The first kappa shape index (κ1) is 15.3. The van der Waals surface area contributed by atoms with Crippen LogP contribution in [0, 0.1) is 0 Å². The van der Waals surface area contributed by atoms with E-state index >= 15 is 0 Å². The fraction of sp³-hybridized carbons (Fsp3) is 0.455. The Morgan fingerprint density at radius 1 is 1.22 bits per heavy atom. The maximum atomic E-state index is 11.6. The van der Waals surface area contributed by atoms with Crippen molar-refractivity contribution in [2.45, 2.75) is 11.5 Å². The van der Waals surface area contributed by atoms with Gasteiger partial charge in [0, 0.05) is 5.56 Å². The van der Waals surface area contributed by atoms with Gasteiger partial charge in [0.15, 0.2) is 0 Å². The van der Waals surface area contributed by atoms with Gasteiger partial charge in [0.1, 0.15) is 0 Å². The van der Waals surface area contributed by atoms with E-state index in [1.807, 2.05) is 0 Å². The maximum absolute atomic E-state index is 11.6. The van der Waals surface area contributed by atoms with Crippen LogP contribution in [0.15, 0.2) is 30.3 Å². The molecule has 0 aliphatic heterocycles. The van der Waals surface area contributed by atoms with Crippen LogP contribution in [0.2, 0.25) is 0 Å². The van der Waals surface area contributed by atoms with Gasteiger partial charge in [0.25, 0.3) is 0 Å². The van der Waals surface area contributed by atoms with Crippen LogP contribution in [0.3, 0.4) is 0 Å². The Bertz CT molecular complexity index is 450. The van der Waals surface area contributed by atoms with Crippen LogP contribution in [0.5, 0.6) is 0 Å². The zero-order chi connectivity index (χ0) is 14.2. The van der Waals surface area contributed by atoms with Crippen LogP contribution in [0.25, 0.3) is 0 Å². The van der Waals surface area contributed by atoms with Gasteiger partial charge in [-0.25, -0.2) is 0 Å². The van der Waals surface area contributed by atoms with Crippen LogP contribution >= 0.6 is 7.60 Å². The molecule has 2 atom stereocenters. The number of nitrogens with two attached hydrogens (primary N) is 1. The number of nitrogens with zero attached hydrogens (tertiary/aromatic N) is 1. The second kappa shape index (κ2) is 4.74. The van der Waals surface area contributed by atoms with Crippen LogP contribution in [-0.2, 0) is 10.3 Å². The SMILES string of the molecule is C[N+](C)(C)C(C(N)(O)c1ccccc1)P(=O)(O)O. The summed E-state index contributed by atoms with van der Waals surface area (Å²) in [4.78, 5) is 18.9. The molecule has 18 heavy (non-hydrogen) atoms. The van der Waals surface area contributed by atoms with Crippen LogP contribution in [0.4, 0.5) is 0 Å². The topological polar surface area (TPSA) is 104 Å². The summed E-state index contributed by atoms with van der Waals surface area (Å²) in [6.45, 7) is 0. The summed E-state index contributed by atoms with van der Waals surface area (Å²) in [5.41, 5.74) is 3.96. The van der Waals surface area contributed by atoms with E-state index in [2.05, 4.69) is 0 Å². The molecular formula is C11H20N2O4P+. The molecule has 102 valence electrons. The Labute approximate surface area is 106 Å². The van der Waals surface area contributed by atoms with Gasteiger partial charge >= 0.3 is 7.60 Å². The van der Waals surface area contributed by atoms with Gasteiger partial charge in [0.2, 0.25) is 11.5 Å². The highest BCUT2D eigenvalue weighted by atomic mass is 31.2. The maximum Gasteiger partial charge on any atom is 0.387 e. The van der Waals surface area contributed by atoms with Gasteiger partial charge in [-0.2, -0.15) is 0 Å². The number of quaternary nitrogens is 1. The van der Waals surface area contributed by atoms with E-state index in [0.29, 0.717) is 0 Å². The lowest BCUT2D eigenvalue weighted by atomic mass is 10.0. The number of hydrogen-bond donors (Lipinski definition) is 4. The third kappa shape index (κ3) is 3.17. The molecule has 0 aliphatic carbocycles. The third-order valence-corrected chi connectivity index (χ3v) is 4.41. The van der Waals surface area contributed by atoms with Gasteiger partial charge in [-0.1, -0.05) is 30.3 Å². The summed E-state index contributed by atoms with van der Waals surface area (Å²) in [7, 11) is 0.135. The Hall–Kier alpha value is -0.750. The molecule has 0 aliphatic rings. The van der Waals surface area contributed by atoms with Crippen molar-refractivity contribution in [3.63, 3.8) is 0 Å². The van der Waals surface area contributed by atoms with Crippen molar-refractivity contribution in [2.24, 2.45) is 5.73 Å². The van der Waals surface area contributed by atoms with E-state index in [9.17, 15) is 19.5 Å². The van der Waals surface area contributed by atoms with E-state index in [0.717, 1.165) is 0 Å². The van der Waals surface area contributed by atoms with Gasteiger partial charge in [0.05, 0.1) is 21.1 Å². The monoisotopic (exact) mass is 275 g/mol. The highest BCUT2D eigenvalue weighted by Crippen LogP contribution is 2.50. The molecule has 1 aromatic rings. The number of benzene rings is 1. The second-order valence-electron chi connectivity index (χ2n) is 5.27. The van der Waals surface area contributed by atoms with Crippen molar-refractivity contribution in [3.05, 3.63) is 35.9 Å². The number of rotatable bonds is 4. The summed E-state index contributed by atoms with van der Waals surface area (Å²) < 4.78 is 11.5. The molecule has 7 heteroatoms. The van der Waals surface area contributed by atoms with Crippen molar-refractivity contribution in [2.75, 3.05) is 21.1 Å². The highest BCUT2D eigenvalue weighted by molar-refractivity contribution is 7.52. The summed E-state index contributed by atoms with van der Waals surface area (Å²) >= 11 is 0. The molecule has 0 radical (unpaired) electrons. The first-order chi connectivity index (χ1) is 7.97. The molecule has 6 nitrogen and oxygen atoms in total. The van der Waals surface area contributed by atoms with Crippen LogP contribution < -0.4 is 5.73 Å². The Morgan fingerprint density at radius 3 is 2.00 bits per heavy atom. The number of hydrogen-bond acceptors (Lipinski definition) is 3. The average molecular weight is 275 g/mol. The molecule has 0 bridgehead atoms. The number of aliphatic hydroxyl groups is 1. The van der Waals surface area contributed by atoms with Crippen molar-refractivity contribution in [3.8, 4) is 0 Å². The smallest absolute Gasteiger partial charge is 0.366 e. The standard InChI is InChI=1S/C11H19N2O4P/c1-13(2,3)10(18(15,16)17)11(12,14)9-7-5-4-6-8-9/h4-8,10,14H,12H2,1-3H3,(H-,15,16,17)/p+1. The van der Waals surface area contributed by atoms with E-state index < -0.39 is 19.1 Å². The highest BCUT2D eigenvalue weighted by Gasteiger charge is 2.54. The lowest BCUT2D eigenvalue weighted by Gasteiger charge is -2.41. The Kier molecular flexibility index (Phi) is 4.03. The predicted octanol–water partition coefficient (Wildman–Crippen LogP) is 0.000400. The summed E-state index contributed by atoms with van der Waals surface area (Å²) in [5, 5.41) is 10.4. The summed E-state index contributed by atoms with van der Waals surface area (Å²) in [5.74, 6) is -1.45. The van der Waals surface area contributed by atoms with Crippen molar-refractivity contribution in [1.29, 1.82) is 0 Å². The van der Waals surface area contributed by atoms with Crippen molar-refractivity contribution >= 4 is 7.60 Å². The fourth-order valence-electron chi connectivity index (χ4n) is 2.15. The van der Waals surface area contributed by atoms with Crippen molar-refractivity contribution < 1.29 is 23.9 Å². The summed E-state index contributed by atoms with van der Waals surface area (Å²) in [6.07, 6.45) is 0. The molecule has 2 unspecified atom stereocenters. The van der Waals surface area contributed by atoms with E-state index in [4.69, 9.17) is 5.73 Å². The molecule has 0 saturated heterocycles. The minimum absolute atomic E-state index is 0.161. The molecule has 0 heterocycles. The quantitative estimate of drug-likeness (QED) is 0.352. The zero-order valence-corrected chi connectivity index (χ0v) is 11.6. The van der Waals surface area contributed by atoms with E-state index in [-0.39, 0.29) is 10.0 Å². The van der Waals surface area contributed by atoms with Gasteiger partial charge < -0.3 is 19.4 Å². The normalized spacial score (nSPS) is 18.2. The Morgan fingerprint density at radius 2 is 1.67 bits per heavy atom. The van der Waals surface area contributed by atoms with Crippen molar-refractivity contribution in [1.82, 2.24) is 0 Å². The average Bonchev–Trinajstić information content (AvgIpc) is 2.13. The zero-order valence-electron chi connectivity index (χ0n) is 10.7. The lowest BCUT2D eigenvalue weighted by molar-refractivity contribution is -0.891. The molecule has 1 rings (SSSR count). The minimum Gasteiger partial charge on any atom is -0.366 e. The molecule has 0 spiro atoms. The first-order valence-corrected chi connectivity index (χ1v) is 7.08. The van der Waals surface area contributed by atoms with E-state index in [1.165, 1.54) is 0 Å². The molecule has 0 aromatic heterocycles. The predicted molar refractivity (Wildman–Crippen MR) is 68.4 cm³/mol. The number of likely N-dealkylation sites (N-methyl/N-ethyl adjacent to an activating group) is 1. The van der Waals surface area contributed by atoms with Crippen LogP contribution in [-0.4, -0.2) is 46.3 Å². The van der Waals surface area contributed by atoms with Gasteiger partial charge in [-0.05, 0) is 0 Å². The second-order valence-corrected chi connectivity index (χ2v) is 6.94. The van der Waals surface area contributed by atoms with Gasteiger partial charge in [-0.15, -0.1) is 0 Å². The molecule has 0 amide bonds. The largest absolute Gasteiger partial charge is 0.387 e. The summed E-state index contributed by atoms with van der Waals surface area (Å²) in [6, 6.07) is 8.12. The van der Waals surface area contributed by atoms with Crippen LogP contribution in [0.1, 0.15) is 5.56 Å². The molecule has 0 saturated carbocycles. The van der Waals surface area contributed by atoms with E-state index in [1.54, 1.807) is 51.5 Å². The Balaban J connectivity index is 3.35. The first-order valence-electron chi connectivity index (χ1n) is 5.40. The molecular weight excluding hydrogens is 255 g/mol. The fourth-order valence-corrected chi connectivity index (χ4v) is 3.72.